The third-order valence-corrected chi connectivity index (χ3v) is 5.95. The Morgan fingerprint density at radius 2 is 1.59 bits per heavy atom. The number of thioether (sulfide) groups is 1. The first-order valence-corrected chi connectivity index (χ1v) is 10.1. The van der Waals surface area contributed by atoms with Gasteiger partial charge >= 0.3 is 11.3 Å². The summed E-state index contributed by atoms with van der Waals surface area (Å²) >= 11 is 6.88. The molecule has 0 bridgehead atoms. The van der Waals surface area contributed by atoms with Gasteiger partial charge in [0, 0.05) is 10.6 Å². The molecule has 0 aromatic heterocycles. The maximum Gasteiger partial charge on any atom is 0.369 e. The predicted molar refractivity (Wildman–Crippen MR) is 116 cm³/mol. The Morgan fingerprint density at radius 3 is 2.21 bits per heavy atom. The van der Waals surface area contributed by atoms with Crippen LogP contribution in [0.25, 0.3) is 11.1 Å². The fraction of sp³-hybridized carbons (Fsp3) is 0.130. The van der Waals surface area contributed by atoms with Gasteiger partial charge in [-0.3, -0.25) is 4.79 Å². The molecule has 3 aromatic rings. The van der Waals surface area contributed by atoms with Gasteiger partial charge in [-0.1, -0.05) is 84.4 Å². The monoisotopic (exact) mass is 426 g/mol. The first-order valence-electron chi connectivity index (χ1n) is 8.88. The summed E-state index contributed by atoms with van der Waals surface area (Å²) < 4.78 is 3.77. The SMILES string of the molecule is CC(SC(=O)OCc1ccccc1)(C(=O)O)c1ccc(-c2ccccc2Cl)cc1. The molecule has 3 aromatic carbocycles. The molecule has 0 saturated carbocycles. The van der Waals surface area contributed by atoms with E-state index in [4.69, 9.17) is 16.3 Å². The molecule has 29 heavy (non-hydrogen) atoms. The van der Waals surface area contributed by atoms with Crippen LogP contribution in [-0.2, 0) is 20.9 Å². The van der Waals surface area contributed by atoms with Gasteiger partial charge in [0.2, 0.25) is 0 Å². The van der Waals surface area contributed by atoms with Gasteiger partial charge in [0.15, 0.2) is 0 Å². The van der Waals surface area contributed by atoms with Crippen molar-refractivity contribution in [2.45, 2.75) is 18.3 Å². The summed E-state index contributed by atoms with van der Waals surface area (Å²) in [4.78, 5) is 24.3. The molecule has 1 atom stereocenters. The van der Waals surface area contributed by atoms with Gasteiger partial charge in [0.05, 0.1) is 0 Å². The van der Waals surface area contributed by atoms with Crippen molar-refractivity contribution in [3.05, 3.63) is 95.0 Å². The van der Waals surface area contributed by atoms with Crippen molar-refractivity contribution in [2.24, 2.45) is 0 Å². The standard InChI is InChI=1S/C23H19ClO4S/c1-23(21(25)26,29-22(27)28-15-16-7-3-2-4-8-16)18-13-11-17(12-14-18)19-9-5-6-10-20(19)24/h2-14H,15H2,1H3,(H,25,26). The van der Waals surface area contributed by atoms with Gasteiger partial charge in [-0.2, -0.15) is 0 Å². The van der Waals surface area contributed by atoms with Gasteiger partial charge in [-0.25, -0.2) is 4.79 Å². The topological polar surface area (TPSA) is 63.6 Å². The van der Waals surface area contributed by atoms with Crippen molar-refractivity contribution < 1.29 is 19.4 Å². The van der Waals surface area contributed by atoms with Crippen LogP contribution in [0.4, 0.5) is 4.79 Å². The lowest BCUT2D eigenvalue weighted by molar-refractivity contribution is -0.139. The van der Waals surface area contributed by atoms with E-state index < -0.39 is 16.0 Å². The number of hydrogen-bond donors (Lipinski definition) is 1. The lowest BCUT2D eigenvalue weighted by Gasteiger charge is -2.23. The second kappa shape index (κ2) is 9.16. The van der Waals surface area contributed by atoms with E-state index in [1.165, 1.54) is 6.92 Å². The highest BCUT2D eigenvalue weighted by atomic mass is 35.5. The van der Waals surface area contributed by atoms with Crippen LogP contribution < -0.4 is 0 Å². The fourth-order valence-electron chi connectivity index (χ4n) is 2.80. The summed E-state index contributed by atoms with van der Waals surface area (Å²) in [5.41, 5.74) is 3.04. The highest BCUT2D eigenvalue weighted by Crippen LogP contribution is 2.39. The number of carbonyl (C=O) groups excluding carboxylic acids is 1. The summed E-state index contributed by atoms with van der Waals surface area (Å²) in [5.74, 6) is -1.12. The summed E-state index contributed by atoms with van der Waals surface area (Å²) in [7, 11) is 0. The van der Waals surface area contributed by atoms with Crippen molar-refractivity contribution in [2.75, 3.05) is 0 Å². The molecular formula is C23H19ClO4S. The van der Waals surface area contributed by atoms with E-state index in [9.17, 15) is 14.7 Å². The number of benzene rings is 3. The van der Waals surface area contributed by atoms with Crippen LogP contribution in [0.3, 0.4) is 0 Å². The van der Waals surface area contributed by atoms with Gasteiger partial charge in [0.1, 0.15) is 11.4 Å². The Labute approximate surface area is 178 Å². The van der Waals surface area contributed by atoms with E-state index in [1.807, 2.05) is 48.5 Å². The summed E-state index contributed by atoms with van der Waals surface area (Å²) in [6.07, 6.45) is 0. The molecule has 0 aliphatic carbocycles. The van der Waals surface area contributed by atoms with Crippen molar-refractivity contribution in [1.29, 1.82) is 0 Å². The van der Waals surface area contributed by atoms with Crippen LogP contribution in [0.15, 0.2) is 78.9 Å². The number of hydrogen-bond acceptors (Lipinski definition) is 4. The average Bonchev–Trinajstić information content (AvgIpc) is 2.73. The van der Waals surface area contributed by atoms with Crippen molar-refractivity contribution in [1.82, 2.24) is 0 Å². The molecular weight excluding hydrogens is 408 g/mol. The Kier molecular flexibility index (Phi) is 6.62. The van der Waals surface area contributed by atoms with Gasteiger partial charge < -0.3 is 9.84 Å². The molecule has 1 unspecified atom stereocenters. The molecule has 0 saturated heterocycles. The number of carbonyl (C=O) groups is 2. The first-order chi connectivity index (χ1) is 13.9. The van der Waals surface area contributed by atoms with E-state index in [0.29, 0.717) is 22.3 Å². The molecule has 4 nitrogen and oxygen atoms in total. The zero-order valence-corrected chi connectivity index (χ0v) is 17.2. The molecule has 0 heterocycles. The van der Waals surface area contributed by atoms with Crippen molar-refractivity contribution in [3.63, 3.8) is 0 Å². The summed E-state index contributed by atoms with van der Waals surface area (Å²) in [6, 6.07) is 23.6. The van der Waals surface area contributed by atoms with Crippen molar-refractivity contribution >= 4 is 34.6 Å². The minimum Gasteiger partial charge on any atom is -0.480 e. The Morgan fingerprint density at radius 1 is 0.966 bits per heavy atom. The molecule has 1 N–H and O–H groups in total. The van der Waals surface area contributed by atoms with Crippen molar-refractivity contribution in [3.8, 4) is 11.1 Å². The van der Waals surface area contributed by atoms with E-state index in [1.54, 1.807) is 30.3 Å². The summed E-state index contributed by atoms with van der Waals surface area (Å²) in [6.45, 7) is 1.59. The fourth-order valence-corrected chi connectivity index (χ4v) is 3.84. The minimum absolute atomic E-state index is 0.0911. The molecule has 6 heteroatoms. The average molecular weight is 427 g/mol. The van der Waals surface area contributed by atoms with Crippen LogP contribution in [0.5, 0.6) is 0 Å². The largest absolute Gasteiger partial charge is 0.480 e. The Bertz CT molecular complexity index is 1000. The lowest BCUT2D eigenvalue weighted by Crippen LogP contribution is -2.30. The van der Waals surface area contributed by atoms with Crippen LogP contribution in [0, 0.1) is 0 Å². The quantitative estimate of drug-likeness (QED) is 0.463. The molecule has 3 rings (SSSR count). The number of rotatable bonds is 6. The molecule has 0 fully saturated rings. The van der Waals surface area contributed by atoms with E-state index in [0.717, 1.165) is 16.7 Å². The molecule has 0 aliphatic heterocycles. The molecule has 148 valence electrons. The Hall–Kier alpha value is -2.76. The predicted octanol–water partition coefficient (Wildman–Crippen LogP) is 6.38. The molecule has 0 spiro atoms. The number of carboxylic acid groups (broad SMARTS) is 1. The normalized spacial score (nSPS) is 12.8. The van der Waals surface area contributed by atoms with Crippen LogP contribution in [0.1, 0.15) is 18.1 Å². The van der Waals surface area contributed by atoms with E-state index in [-0.39, 0.29) is 6.61 Å². The highest BCUT2D eigenvalue weighted by molar-refractivity contribution is 8.14. The number of ether oxygens (including phenoxy) is 1. The maximum atomic E-state index is 12.3. The second-order valence-electron chi connectivity index (χ2n) is 6.52. The summed E-state index contributed by atoms with van der Waals surface area (Å²) in [5, 5.41) is 9.77. The second-order valence-corrected chi connectivity index (χ2v) is 8.28. The third kappa shape index (κ3) is 5.00. The molecule has 0 amide bonds. The van der Waals surface area contributed by atoms with E-state index >= 15 is 0 Å². The van der Waals surface area contributed by atoms with Gasteiger partial charge in [0.25, 0.3) is 0 Å². The smallest absolute Gasteiger partial charge is 0.369 e. The van der Waals surface area contributed by atoms with E-state index in [2.05, 4.69) is 0 Å². The number of aliphatic carboxylic acids is 1. The first kappa shape index (κ1) is 21.0. The molecule has 0 radical (unpaired) electrons. The maximum absolute atomic E-state index is 12.3. The lowest BCUT2D eigenvalue weighted by atomic mass is 9.97. The van der Waals surface area contributed by atoms with Gasteiger partial charge in [-0.05, 0) is 41.4 Å². The van der Waals surface area contributed by atoms with Gasteiger partial charge in [-0.15, -0.1) is 0 Å². The third-order valence-electron chi connectivity index (χ3n) is 4.52. The highest BCUT2D eigenvalue weighted by Gasteiger charge is 2.39. The zero-order valence-electron chi connectivity index (χ0n) is 15.7. The zero-order chi connectivity index (χ0) is 20.9. The molecule has 0 aliphatic rings. The minimum atomic E-state index is -1.48. The van der Waals surface area contributed by atoms with Crippen LogP contribution >= 0.6 is 23.4 Å². The number of halogens is 1. The number of carboxylic acids is 1. The van der Waals surface area contributed by atoms with Crippen LogP contribution in [-0.4, -0.2) is 16.4 Å². The Balaban J connectivity index is 1.76. The van der Waals surface area contributed by atoms with Crippen LogP contribution in [0.2, 0.25) is 5.02 Å².